The fourth-order valence-corrected chi connectivity index (χ4v) is 3.38. The highest BCUT2D eigenvalue weighted by Crippen LogP contribution is 2.44. The van der Waals surface area contributed by atoms with Gasteiger partial charge in [-0.3, -0.25) is 0 Å². The highest BCUT2D eigenvalue weighted by molar-refractivity contribution is 9.10. The molecule has 4 rings (SSSR count). The fraction of sp³-hybridized carbons (Fsp3) is 0.176. The van der Waals surface area contributed by atoms with E-state index in [1.807, 2.05) is 6.07 Å². The van der Waals surface area contributed by atoms with Gasteiger partial charge in [0.15, 0.2) is 5.72 Å². The third-order valence-electron chi connectivity index (χ3n) is 3.83. The lowest BCUT2D eigenvalue weighted by molar-refractivity contribution is 0.0312. The minimum atomic E-state index is -0.397. The van der Waals surface area contributed by atoms with Gasteiger partial charge < -0.3 is 9.30 Å². The molecule has 0 aliphatic carbocycles. The Morgan fingerprint density at radius 3 is 2.70 bits per heavy atom. The van der Waals surface area contributed by atoms with Crippen LogP contribution in [0.3, 0.4) is 0 Å². The van der Waals surface area contributed by atoms with Crippen molar-refractivity contribution >= 4 is 26.8 Å². The molecule has 0 amide bonds. The summed E-state index contributed by atoms with van der Waals surface area (Å²) in [6, 6.07) is 16.9. The van der Waals surface area contributed by atoms with E-state index >= 15 is 0 Å². The van der Waals surface area contributed by atoms with Crippen LogP contribution in [-0.2, 0) is 5.72 Å². The molecule has 0 fully saturated rings. The van der Waals surface area contributed by atoms with Crippen molar-refractivity contribution in [1.82, 2.24) is 4.57 Å². The molecule has 100 valence electrons. The van der Waals surface area contributed by atoms with Crippen molar-refractivity contribution in [2.75, 3.05) is 0 Å². The molecule has 0 unspecified atom stereocenters. The monoisotopic (exact) mass is 327 g/mol. The largest absolute Gasteiger partial charge is 0.467 e. The van der Waals surface area contributed by atoms with E-state index in [0.29, 0.717) is 0 Å². The zero-order valence-electron chi connectivity index (χ0n) is 11.4. The Morgan fingerprint density at radius 1 is 1.05 bits per heavy atom. The number of aromatic nitrogens is 1. The average Bonchev–Trinajstić information content (AvgIpc) is 2.78. The predicted molar refractivity (Wildman–Crippen MR) is 85.0 cm³/mol. The van der Waals surface area contributed by atoms with Crippen LogP contribution < -0.4 is 4.74 Å². The van der Waals surface area contributed by atoms with Gasteiger partial charge in [-0.15, -0.1) is 0 Å². The summed E-state index contributed by atoms with van der Waals surface area (Å²) in [5, 5.41) is 1.25. The van der Waals surface area contributed by atoms with Crippen LogP contribution in [0, 0.1) is 0 Å². The first-order valence-electron chi connectivity index (χ1n) is 6.66. The summed E-state index contributed by atoms with van der Waals surface area (Å²) in [6.45, 7) is 4.21. The Morgan fingerprint density at radius 2 is 1.85 bits per heavy atom. The minimum absolute atomic E-state index is 0.397. The van der Waals surface area contributed by atoms with Gasteiger partial charge in [0.05, 0.1) is 11.2 Å². The fourth-order valence-electron chi connectivity index (χ4n) is 3.04. The van der Waals surface area contributed by atoms with Gasteiger partial charge in [0.2, 0.25) is 0 Å². The number of halogens is 1. The average molecular weight is 328 g/mol. The minimum Gasteiger partial charge on any atom is -0.467 e. The van der Waals surface area contributed by atoms with Crippen molar-refractivity contribution in [1.29, 1.82) is 0 Å². The van der Waals surface area contributed by atoms with E-state index in [1.54, 1.807) is 0 Å². The summed E-state index contributed by atoms with van der Waals surface area (Å²) in [4.78, 5) is 0. The molecule has 20 heavy (non-hydrogen) atoms. The van der Waals surface area contributed by atoms with Crippen molar-refractivity contribution in [2.45, 2.75) is 19.6 Å². The Hall–Kier alpha value is -1.74. The molecule has 3 heteroatoms. The third kappa shape index (κ3) is 1.56. The molecule has 0 saturated heterocycles. The molecule has 0 saturated carbocycles. The predicted octanol–water partition coefficient (Wildman–Crippen LogP) is 5.16. The van der Waals surface area contributed by atoms with Crippen LogP contribution in [0.5, 0.6) is 5.75 Å². The molecule has 0 spiro atoms. The highest BCUT2D eigenvalue weighted by atomic mass is 79.9. The zero-order valence-corrected chi connectivity index (χ0v) is 12.9. The molecule has 0 bridgehead atoms. The molecule has 0 atom stereocenters. The van der Waals surface area contributed by atoms with Gasteiger partial charge in [0.1, 0.15) is 5.75 Å². The van der Waals surface area contributed by atoms with Crippen molar-refractivity contribution < 1.29 is 4.74 Å². The van der Waals surface area contributed by atoms with Gasteiger partial charge in [-0.2, -0.15) is 0 Å². The molecule has 0 radical (unpaired) electrons. The second-order valence-corrected chi connectivity index (χ2v) is 6.53. The molecule has 0 N–H and O–H groups in total. The summed E-state index contributed by atoms with van der Waals surface area (Å²) in [5.74, 6) is 0.930. The standard InChI is InChI=1S/C17H14BrNO/c1-17(2)19-14-6-4-3-5-11(14)9-15(19)13-8-7-12(18)10-16(13)20-17/h3-10H,1-2H3. The number of rotatable bonds is 0. The molecule has 1 aromatic heterocycles. The summed E-state index contributed by atoms with van der Waals surface area (Å²) in [5.41, 5.74) is 3.17. The first kappa shape index (κ1) is 12.0. The Kier molecular flexibility index (Phi) is 2.34. The van der Waals surface area contributed by atoms with E-state index in [9.17, 15) is 0 Å². The van der Waals surface area contributed by atoms with Crippen molar-refractivity contribution in [2.24, 2.45) is 0 Å². The number of hydrogen-bond acceptors (Lipinski definition) is 1. The van der Waals surface area contributed by atoms with E-state index in [4.69, 9.17) is 4.74 Å². The normalized spacial score (nSPS) is 15.6. The van der Waals surface area contributed by atoms with Crippen LogP contribution in [0.15, 0.2) is 53.0 Å². The second-order valence-electron chi connectivity index (χ2n) is 5.61. The Labute approximate surface area is 126 Å². The highest BCUT2D eigenvalue weighted by Gasteiger charge is 2.33. The topological polar surface area (TPSA) is 14.2 Å². The van der Waals surface area contributed by atoms with Gasteiger partial charge >= 0.3 is 0 Å². The molecule has 1 aliphatic heterocycles. The maximum atomic E-state index is 6.23. The second kappa shape index (κ2) is 3.89. The van der Waals surface area contributed by atoms with Crippen LogP contribution in [0.25, 0.3) is 22.2 Å². The molecule has 2 heterocycles. The lowest BCUT2D eigenvalue weighted by Crippen LogP contribution is -2.36. The maximum absolute atomic E-state index is 6.23. The number of nitrogens with zero attached hydrogens (tertiary/aromatic N) is 1. The van der Waals surface area contributed by atoms with Crippen molar-refractivity contribution in [3.05, 3.63) is 53.0 Å². The lowest BCUT2D eigenvalue weighted by atomic mass is 10.1. The van der Waals surface area contributed by atoms with E-state index in [2.05, 4.69) is 76.8 Å². The Bertz CT molecular complexity index is 832. The van der Waals surface area contributed by atoms with Gasteiger partial charge in [-0.05, 0) is 44.2 Å². The van der Waals surface area contributed by atoms with E-state index in [-0.39, 0.29) is 0 Å². The van der Waals surface area contributed by atoms with Gasteiger partial charge in [0.25, 0.3) is 0 Å². The van der Waals surface area contributed by atoms with Crippen LogP contribution in [0.2, 0.25) is 0 Å². The molecular formula is C17H14BrNO. The number of para-hydroxylation sites is 1. The van der Waals surface area contributed by atoms with Gasteiger partial charge in [0, 0.05) is 15.4 Å². The summed E-state index contributed by atoms with van der Waals surface area (Å²) >= 11 is 3.52. The summed E-state index contributed by atoms with van der Waals surface area (Å²) < 4.78 is 9.54. The number of ether oxygens (including phenoxy) is 1. The number of hydrogen-bond donors (Lipinski definition) is 0. The van der Waals surface area contributed by atoms with E-state index in [1.165, 1.54) is 16.6 Å². The smallest absolute Gasteiger partial charge is 0.181 e. The first-order valence-corrected chi connectivity index (χ1v) is 7.45. The first-order chi connectivity index (χ1) is 9.56. The molecule has 2 nitrogen and oxygen atoms in total. The van der Waals surface area contributed by atoms with E-state index in [0.717, 1.165) is 15.8 Å². The Balaban J connectivity index is 2.13. The zero-order chi connectivity index (χ0) is 13.9. The quantitative estimate of drug-likeness (QED) is 0.556. The summed E-state index contributed by atoms with van der Waals surface area (Å²) in [6.07, 6.45) is 0. The van der Waals surface area contributed by atoms with Crippen molar-refractivity contribution in [3.8, 4) is 17.0 Å². The lowest BCUT2D eigenvalue weighted by Gasteiger charge is -2.36. The van der Waals surface area contributed by atoms with Gasteiger partial charge in [-0.1, -0.05) is 34.1 Å². The SMILES string of the molecule is CC1(C)Oc2cc(Br)ccc2-c2cc3ccccc3n21. The molecule has 2 aromatic carbocycles. The van der Waals surface area contributed by atoms with Crippen molar-refractivity contribution in [3.63, 3.8) is 0 Å². The molecule has 3 aromatic rings. The number of benzene rings is 2. The van der Waals surface area contributed by atoms with E-state index < -0.39 is 5.72 Å². The third-order valence-corrected chi connectivity index (χ3v) is 4.32. The van der Waals surface area contributed by atoms with Crippen LogP contribution >= 0.6 is 15.9 Å². The van der Waals surface area contributed by atoms with Gasteiger partial charge in [-0.25, -0.2) is 0 Å². The van der Waals surface area contributed by atoms with Crippen LogP contribution in [0.1, 0.15) is 13.8 Å². The summed E-state index contributed by atoms with van der Waals surface area (Å²) in [7, 11) is 0. The van der Waals surface area contributed by atoms with Crippen LogP contribution in [-0.4, -0.2) is 4.57 Å². The number of fused-ring (bicyclic) bond motifs is 5. The molecular weight excluding hydrogens is 314 g/mol. The molecule has 1 aliphatic rings. The maximum Gasteiger partial charge on any atom is 0.181 e. The van der Waals surface area contributed by atoms with Crippen LogP contribution in [0.4, 0.5) is 0 Å².